The van der Waals surface area contributed by atoms with Crippen molar-refractivity contribution >= 4 is 27.8 Å². The largest absolute Gasteiger partial charge is 0.469 e. The van der Waals surface area contributed by atoms with Gasteiger partial charge in [0.1, 0.15) is 0 Å². The van der Waals surface area contributed by atoms with Crippen LogP contribution in [0.15, 0.2) is 28.7 Å². The maximum Gasteiger partial charge on any atom is 0.307 e. The van der Waals surface area contributed by atoms with Crippen LogP contribution in [-0.4, -0.2) is 19.0 Å². The molecule has 1 aliphatic rings. The van der Waals surface area contributed by atoms with Gasteiger partial charge in [-0.25, -0.2) is 0 Å². The van der Waals surface area contributed by atoms with Crippen LogP contribution in [-0.2, 0) is 14.3 Å². The molecule has 4 nitrogen and oxygen atoms in total. The summed E-state index contributed by atoms with van der Waals surface area (Å²) in [6.45, 7) is 0. The number of benzene rings is 1. The summed E-state index contributed by atoms with van der Waals surface area (Å²) in [5.74, 6) is 0.178. The van der Waals surface area contributed by atoms with E-state index in [2.05, 4.69) is 21.2 Å². The van der Waals surface area contributed by atoms with Crippen LogP contribution in [0, 0.1) is 5.92 Å². The third-order valence-corrected chi connectivity index (χ3v) is 4.93. The molecule has 0 bridgehead atoms. The second-order valence-corrected chi connectivity index (χ2v) is 7.08. The van der Waals surface area contributed by atoms with Crippen LogP contribution in [0.3, 0.4) is 0 Å². The highest BCUT2D eigenvalue weighted by molar-refractivity contribution is 9.10. The van der Waals surface area contributed by atoms with Crippen LogP contribution in [0.5, 0.6) is 0 Å². The Kier molecular flexibility index (Phi) is 7.09. The number of esters is 1. The highest BCUT2D eigenvalue weighted by Crippen LogP contribution is 2.27. The molecule has 0 heterocycles. The molecule has 126 valence electrons. The monoisotopic (exact) mass is 381 g/mol. The van der Waals surface area contributed by atoms with E-state index in [4.69, 9.17) is 4.74 Å². The van der Waals surface area contributed by atoms with Crippen LogP contribution in [0.4, 0.5) is 0 Å². The summed E-state index contributed by atoms with van der Waals surface area (Å²) < 4.78 is 5.72. The minimum absolute atomic E-state index is 0.0220. The summed E-state index contributed by atoms with van der Waals surface area (Å²) in [5, 5.41) is 3.01. The molecule has 1 aliphatic carbocycles. The third-order valence-electron chi connectivity index (χ3n) is 4.40. The normalized spacial score (nSPS) is 16.6. The van der Waals surface area contributed by atoms with E-state index in [9.17, 15) is 9.59 Å². The number of methoxy groups -OCH3 is 1. The van der Waals surface area contributed by atoms with Crippen molar-refractivity contribution in [2.75, 3.05) is 7.11 Å². The molecular formula is C18H24BrNO3. The predicted molar refractivity (Wildman–Crippen MR) is 92.9 cm³/mol. The molecule has 1 N–H and O–H groups in total. The first-order chi connectivity index (χ1) is 11.1. The Morgan fingerprint density at radius 2 is 1.87 bits per heavy atom. The zero-order chi connectivity index (χ0) is 16.7. The average Bonchev–Trinajstić information content (AvgIpc) is 2.55. The summed E-state index contributed by atoms with van der Waals surface area (Å²) in [6.07, 6.45) is 6.68. The van der Waals surface area contributed by atoms with Crippen molar-refractivity contribution in [1.29, 1.82) is 0 Å². The molecule has 1 aromatic rings. The fraction of sp³-hybridized carbons (Fsp3) is 0.556. The van der Waals surface area contributed by atoms with Crippen LogP contribution < -0.4 is 5.32 Å². The van der Waals surface area contributed by atoms with E-state index in [1.807, 2.05) is 24.3 Å². The van der Waals surface area contributed by atoms with E-state index in [0.29, 0.717) is 12.3 Å². The molecule has 1 saturated carbocycles. The second-order valence-electron chi connectivity index (χ2n) is 6.16. The van der Waals surface area contributed by atoms with Gasteiger partial charge in [0, 0.05) is 10.9 Å². The molecule has 5 heteroatoms. The zero-order valence-electron chi connectivity index (χ0n) is 13.5. The highest BCUT2D eigenvalue weighted by Gasteiger charge is 2.22. The van der Waals surface area contributed by atoms with Crippen molar-refractivity contribution in [3.63, 3.8) is 0 Å². The van der Waals surface area contributed by atoms with Gasteiger partial charge in [-0.1, -0.05) is 47.3 Å². The van der Waals surface area contributed by atoms with Gasteiger partial charge in [-0.15, -0.1) is 0 Å². The first kappa shape index (κ1) is 18.0. The molecule has 0 saturated heterocycles. The lowest BCUT2D eigenvalue weighted by molar-refractivity contribution is -0.141. The molecular weight excluding hydrogens is 358 g/mol. The first-order valence-corrected chi connectivity index (χ1v) is 8.99. The SMILES string of the molecule is COC(=O)CC(NC(=O)CC1CCCCC1)c1ccc(Br)cc1. The zero-order valence-corrected chi connectivity index (χ0v) is 15.1. The van der Waals surface area contributed by atoms with Crippen LogP contribution in [0.25, 0.3) is 0 Å². The van der Waals surface area contributed by atoms with Crippen LogP contribution in [0.2, 0.25) is 0 Å². The first-order valence-electron chi connectivity index (χ1n) is 8.20. The number of carbonyl (C=O) groups excluding carboxylic acids is 2. The summed E-state index contributed by atoms with van der Waals surface area (Å²) in [4.78, 5) is 24.0. The number of hydrogen-bond donors (Lipinski definition) is 1. The average molecular weight is 382 g/mol. The number of rotatable bonds is 6. The van der Waals surface area contributed by atoms with E-state index in [0.717, 1.165) is 22.9 Å². The summed E-state index contributed by atoms with van der Waals surface area (Å²) >= 11 is 3.40. The number of carbonyl (C=O) groups is 2. The maximum atomic E-state index is 12.4. The number of hydrogen-bond acceptors (Lipinski definition) is 3. The van der Waals surface area contributed by atoms with Crippen molar-refractivity contribution in [3.8, 4) is 0 Å². The second kappa shape index (κ2) is 9.06. The number of nitrogens with one attached hydrogen (secondary N) is 1. The van der Waals surface area contributed by atoms with Crippen molar-refractivity contribution in [3.05, 3.63) is 34.3 Å². The van der Waals surface area contributed by atoms with Crippen LogP contribution >= 0.6 is 15.9 Å². The van der Waals surface area contributed by atoms with Crippen molar-refractivity contribution in [2.45, 2.75) is 51.0 Å². The molecule has 0 radical (unpaired) electrons. The molecule has 0 aliphatic heterocycles. The fourth-order valence-corrected chi connectivity index (χ4v) is 3.37. The fourth-order valence-electron chi connectivity index (χ4n) is 3.10. The van der Waals surface area contributed by atoms with Gasteiger partial charge in [-0.05, 0) is 36.5 Å². The van der Waals surface area contributed by atoms with Gasteiger partial charge in [0.05, 0.1) is 19.6 Å². The lowest BCUT2D eigenvalue weighted by Crippen LogP contribution is -2.32. The van der Waals surface area contributed by atoms with E-state index < -0.39 is 0 Å². The van der Waals surface area contributed by atoms with Gasteiger partial charge >= 0.3 is 5.97 Å². The Morgan fingerprint density at radius 1 is 1.22 bits per heavy atom. The third kappa shape index (κ3) is 5.98. The van der Waals surface area contributed by atoms with Crippen molar-refractivity contribution in [1.82, 2.24) is 5.32 Å². The van der Waals surface area contributed by atoms with Crippen LogP contribution in [0.1, 0.15) is 56.6 Å². The molecule has 2 rings (SSSR count). The van der Waals surface area contributed by atoms with E-state index in [1.54, 1.807) is 0 Å². The number of halogens is 1. The number of amides is 1. The number of ether oxygens (including phenoxy) is 1. The van der Waals surface area contributed by atoms with Gasteiger partial charge < -0.3 is 10.1 Å². The lowest BCUT2D eigenvalue weighted by atomic mass is 9.86. The van der Waals surface area contributed by atoms with Gasteiger partial charge in [0.15, 0.2) is 0 Å². The standard InChI is InChI=1S/C18H24BrNO3/c1-23-18(22)12-16(14-7-9-15(19)10-8-14)20-17(21)11-13-5-3-2-4-6-13/h7-10,13,16H,2-6,11-12H2,1H3,(H,20,21). The van der Waals surface area contributed by atoms with E-state index >= 15 is 0 Å². The van der Waals surface area contributed by atoms with E-state index in [1.165, 1.54) is 26.4 Å². The maximum absolute atomic E-state index is 12.4. The highest BCUT2D eigenvalue weighted by atomic mass is 79.9. The van der Waals surface area contributed by atoms with Gasteiger partial charge in [0.25, 0.3) is 0 Å². The lowest BCUT2D eigenvalue weighted by Gasteiger charge is -2.23. The van der Waals surface area contributed by atoms with Gasteiger partial charge in [0.2, 0.25) is 5.91 Å². The summed E-state index contributed by atoms with van der Waals surface area (Å²) in [6, 6.07) is 7.31. The Morgan fingerprint density at radius 3 is 2.48 bits per heavy atom. The Bertz CT molecular complexity index is 524. The topological polar surface area (TPSA) is 55.4 Å². The van der Waals surface area contributed by atoms with Gasteiger partial charge in [-0.2, -0.15) is 0 Å². The van der Waals surface area contributed by atoms with Crippen molar-refractivity contribution in [2.24, 2.45) is 5.92 Å². The summed E-state index contributed by atoms with van der Waals surface area (Å²) in [5.41, 5.74) is 0.913. The molecule has 1 atom stereocenters. The van der Waals surface area contributed by atoms with Gasteiger partial charge in [-0.3, -0.25) is 9.59 Å². The molecule has 1 unspecified atom stereocenters. The van der Waals surface area contributed by atoms with E-state index in [-0.39, 0.29) is 24.3 Å². The minimum atomic E-state index is -0.341. The Hall–Kier alpha value is -1.36. The molecule has 1 amide bonds. The Labute approximate surface area is 146 Å². The summed E-state index contributed by atoms with van der Waals surface area (Å²) in [7, 11) is 1.37. The van der Waals surface area contributed by atoms with Crippen molar-refractivity contribution < 1.29 is 14.3 Å². The molecule has 0 aromatic heterocycles. The molecule has 0 spiro atoms. The predicted octanol–water partition coefficient (Wildman–Crippen LogP) is 4.14. The molecule has 23 heavy (non-hydrogen) atoms. The smallest absolute Gasteiger partial charge is 0.307 e. The Balaban J connectivity index is 1.99. The molecule has 1 aromatic carbocycles. The quantitative estimate of drug-likeness (QED) is 0.753. The molecule has 1 fully saturated rings. The minimum Gasteiger partial charge on any atom is -0.469 e.